The van der Waals surface area contributed by atoms with E-state index in [1.165, 1.54) is 15.9 Å². The topological polar surface area (TPSA) is 70.1 Å². The number of hydrogen-bond donors (Lipinski definition) is 1. The fraction of sp³-hybridized carbons (Fsp3) is 0.545. The Morgan fingerprint density at radius 1 is 1.20 bits per heavy atom. The van der Waals surface area contributed by atoms with E-state index in [0.29, 0.717) is 31.1 Å². The number of thiophene rings is 1. The van der Waals surface area contributed by atoms with Gasteiger partial charge in [0.2, 0.25) is 10.0 Å². The van der Waals surface area contributed by atoms with Crippen molar-refractivity contribution >= 4 is 21.4 Å². The third-order valence-electron chi connectivity index (χ3n) is 6.13. The zero-order chi connectivity index (χ0) is 21.5. The van der Waals surface area contributed by atoms with Gasteiger partial charge in [0.05, 0.1) is 0 Å². The van der Waals surface area contributed by atoms with E-state index in [1.807, 2.05) is 0 Å². The molecule has 2 aliphatic rings. The molecule has 0 saturated carbocycles. The molecular formula is C22H30N2O4S2. The molecule has 2 aromatic rings. The molecule has 3 heterocycles. The molecule has 2 aliphatic heterocycles. The molecule has 0 aliphatic carbocycles. The number of rotatable bonds is 5. The first-order valence-corrected chi connectivity index (χ1v) is 12.8. The molecular weight excluding hydrogens is 420 g/mol. The summed E-state index contributed by atoms with van der Waals surface area (Å²) in [6.07, 6.45) is 2.93. The number of hydrogen-bond acceptors (Lipinski definition) is 6. The van der Waals surface area contributed by atoms with Crippen molar-refractivity contribution in [2.24, 2.45) is 0 Å². The Hall–Kier alpha value is -1.61. The highest BCUT2D eigenvalue weighted by Crippen LogP contribution is 2.37. The first-order valence-electron chi connectivity index (χ1n) is 10.6. The molecule has 6 nitrogen and oxygen atoms in total. The number of nitrogens with zero attached hydrogens (tertiary/aromatic N) is 2. The summed E-state index contributed by atoms with van der Waals surface area (Å²) in [5.74, 6) is -0.161. The molecule has 0 unspecified atom stereocenters. The van der Waals surface area contributed by atoms with E-state index < -0.39 is 10.0 Å². The van der Waals surface area contributed by atoms with E-state index in [9.17, 15) is 13.5 Å². The van der Waals surface area contributed by atoms with Crippen molar-refractivity contribution in [1.29, 1.82) is 0 Å². The molecule has 1 saturated heterocycles. The number of phenolic OH excluding ortho intramolecular Hbond substituents is 1. The van der Waals surface area contributed by atoms with Gasteiger partial charge in [-0.2, -0.15) is 4.31 Å². The average Bonchev–Trinajstić information content (AvgIpc) is 3.11. The van der Waals surface area contributed by atoms with Crippen LogP contribution in [0.3, 0.4) is 0 Å². The molecule has 1 aromatic heterocycles. The Labute approximate surface area is 183 Å². The highest BCUT2D eigenvalue weighted by atomic mass is 32.2. The van der Waals surface area contributed by atoms with Crippen LogP contribution in [-0.4, -0.2) is 54.5 Å². The zero-order valence-corrected chi connectivity index (χ0v) is 19.4. The van der Waals surface area contributed by atoms with Crippen LogP contribution in [0.1, 0.15) is 42.7 Å². The second-order valence-corrected chi connectivity index (χ2v) is 11.5. The molecule has 0 radical (unpaired) electrons. The molecule has 30 heavy (non-hydrogen) atoms. The molecule has 4 rings (SSSR count). The number of aromatic hydroxyl groups is 1. The van der Waals surface area contributed by atoms with Crippen LogP contribution >= 0.6 is 11.3 Å². The summed E-state index contributed by atoms with van der Waals surface area (Å²) in [7, 11) is -3.75. The van der Waals surface area contributed by atoms with Gasteiger partial charge in [0, 0.05) is 37.1 Å². The first kappa shape index (κ1) is 21.6. The van der Waals surface area contributed by atoms with Gasteiger partial charge in [0.15, 0.2) is 5.06 Å². The van der Waals surface area contributed by atoms with Crippen molar-refractivity contribution < 1.29 is 18.3 Å². The normalized spacial score (nSPS) is 19.2. The maximum atomic E-state index is 13.1. The van der Waals surface area contributed by atoms with Crippen molar-refractivity contribution in [3.63, 3.8) is 0 Å². The number of sulfonamides is 1. The Morgan fingerprint density at radius 2 is 1.93 bits per heavy atom. The molecule has 0 atom stereocenters. The van der Waals surface area contributed by atoms with Crippen molar-refractivity contribution in [2.45, 2.75) is 63.6 Å². The molecule has 1 fully saturated rings. The summed E-state index contributed by atoms with van der Waals surface area (Å²) in [6.45, 7) is 9.00. The minimum absolute atomic E-state index is 0.0177. The monoisotopic (exact) mass is 450 g/mol. The average molecular weight is 451 g/mol. The number of fused-ring (bicyclic) bond motifs is 1. The van der Waals surface area contributed by atoms with Crippen molar-refractivity contribution in [3.8, 4) is 10.8 Å². The van der Waals surface area contributed by atoms with Crippen molar-refractivity contribution in [2.75, 3.05) is 19.6 Å². The molecule has 8 heteroatoms. The molecule has 164 valence electrons. The lowest BCUT2D eigenvalue weighted by molar-refractivity contribution is 0.0868. The zero-order valence-electron chi connectivity index (χ0n) is 17.8. The Morgan fingerprint density at radius 3 is 2.63 bits per heavy atom. The number of phenols is 1. The summed E-state index contributed by atoms with van der Waals surface area (Å²) in [4.78, 5) is 3.49. The van der Waals surface area contributed by atoms with E-state index >= 15 is 0 Å². The third-order valence-corrected chi connectivity index (χ3v) is 9.06. The van der Waals surface area contributed by atoms with Crippen molar-refractivity contribution in [3.05, 3.63) is 40.3 Å². The first-order chi connectivity index (χ1) is 14.3. The van der Waals surface area contributed by atoms with Crippen LogP contribution in [0.4, 0.5) is 0 Å². The van der Waals surface area contributed by atoms with Gasteiger partial charge in [-0.3, -0.25) is 0 Å². The van der Waals surface area contributed by atoms with Gasteiger partial charge in [-0.1, -0.05) is 12.1 Å². The van der Waals surface area contributed by atoms with Crippen LogP contribution in [0, 0.1) is 6.92 Å². The maximum Gasteiger partial charge on any atom is 0.247 e. The van der Waals surface area contributed by atoms with E-state index in [0.717, 1.165) is 35.9 Å². The molecule has 1 aromatic carbocycles. The predicted octanol–water partition coefficient (Wildman–Crippen LogP) is 3.76. The van der Waals surface area contributed by atoms with Gasteiger partial charge >= 0.3 is 0 Å². The van der Waals surface area contributed by atoms with Crippen molar-refractivity contribution in [1.82, 2.24) is 9.21 Å². The Balaban J connectivity index is 1.45. The highest BCUT2D eigenvalue weighted by Gasteiger charge is 2.32. The van der Waals surface area contributed by atoms with Crippen LogP contribution in [0.5, 0.6) is 10.8 Å². The van der Waals surface area contributed by atoms with Gasteiger partial charge in [-0.25, -0.2) is 8.42 Å². The van der Waals surface area contributed by atoms with Gasteiger partial charge in [-0.05, 0) is 63.3 Å². The lowest BCUT2D eigenvalue weighted by Gasteiger charge is -2.34. The van der Waals surface area contributed by atoms with Gasteiger partial charge < -0.3 is 14.7 Å². The smallest absolute Gasteiger partial charge is 0.247 e. The second-order valence-electron chi connectivity index (χ2n) is 8.47. The summed E-state index contributed by atoms with van der Waals surface area (Å²) >= 11 is 1.55. The van der Waals surface area contributed by atoms with Crippen LogP contribution < -0.4 is 4.74 Å². The number of ether oxygens (including phenoxy) is 1. The third kappa shape index (κ3) is 4.23. The highest BCUT2D eigenvalue weighted by molar-refractivity contribution is 7.89. The van der Waals surface area contributed by atoms with E-state index in [-0.39, 0.29) is 16.7 Å². The standard InChI is InChI=1S/C22H30N2O4S2/c1-15(2)23-10-8-18(9-11-23)28-21-13-17-7-12-24(14-19(17)29-21)30(26,27)20-6-4-5-16(3)22(20)25/h4-6,13,15,18,25H,7-12,14H2,1-3H3. The van der Waals surface area contributed by atoms with Crippen LogP contribution in [-0.2, 0) is 23.0 Å². The summed E-state index contributed by atoms with van der Waals surface area (Å²) in [6, 6.07) is 7.50. The van der Waals surface area contributed by atoms with Crippen LogP contribution in [0.2, 0.25) is 0 Å². The SMILES string of the molecule is Cc1cccc(S(=O)(=O)N2CCc3cc(OC4CCN(C(C)C)CC4)sc3C2)c1O. The number of likely N-dealkylation sites (tertiary alicyclic amines) is 1. The van der Waals surface area contributed by atoms with E-state index in [1.54, 1.807) is 30.4 Å². The maximum absolute atomic E-state index is 13.1. The number of piperidine rings is 1. The Kier molecular flexibility index (Phi) is 6.12. The molecule has 0 bridgehead atoms. The number of para-hydroxylation sites is 1. The second kappa shape index (κ2) is 8.49. The largest absolute Gasteiger partial charge is 0.506 e. The predicted molar refractivity (Wildman–Crippen MR) is 119 cm³/mol. The minimum atomic E-state index is -3.75. The van der Waals surface area contributed by atoms with Gasteiger partial charge in [0.1, 0.15) is 16.7 Å². The fourth-order valence-electron chi connectivity index (χ4n) is 4.19. The Bertz CT molecular complexity index is 1010. The lowest BCUT2D eigenvalue weighted by atomic mass is 10.1. The summed E-state index contributed by atoms with van der Waals surface area (Å²) in [5.41, 5.74) is 1.73. The minimum Gasteiger partial charge on any atom is -0.506 e. The van der Waals surface area contributed by atoms with E-state index in [4.69, 9.17) is 4.74 Å². The molecule has 0 spiro atoms. The van der Waals surface area contributed by atoms with Crippen LogP contribution in [0.15, 0.2) is 29.2 Å². The lowest BCUT2D eigenvalue weighted by Crippen LogP contribution is -2.41. The summed E-state index contributed by atoms with van der Waals surface area (Å²) < 4.78 is 34.0. The molecule has 1 N–H and O–H groups in total. The molecule has 0 amide bonds. The number of benzene rings is 1. The van der Waals surface area contributed by atoms with Gasteiger partial charge in [-0.15, -0.1) is 11.3 Å². The van der Waals surface area contributed by atoms with Crippen LogP contribution in [0.25, 0.3) is 0 Å². The van der Waals surface area contributed by atoms with Gasteiger partial charge in [0.25, 0.3) is 0 Å². The van der Waals surface area contributed by atoms with E-state index in [2.05, 4.69) is 24.8 Å². The quantitative estimate of drug-likeness (QED) is 0.751. The fourth-order valence-corrected chi connectivity index (χ4v) is 6.97. The number of aryl methyl sites for hydroxylation is 1. The summed E-state index contributed by atoms with van der Waals surface area (Å²) in [5, 5.41) is 11.2.